The summed E-state index contributed by atoms with van der Waals surface area (Å²) in [7, 11) is 1.75. The van der Waals surface area contributed by atoms with Gasteiger partial charge in [-0.05, 0) is 36.2 Å². The summed E-state index contributed by atoms with van der Waals surface area (Å²) in [5, 5.41) is 11.8. The quantitative estimate of drug-likeness (QED) is 0.934. The molecule has 0 aliphatic rings. The van der Waals surface area contributed by atoms with Crippen molar-refractivity contribution >= 4 is 5.69 Å². The zero-order chi connectivity index (χ0) is 15.6. The van der Waals surface area contributed by atoms with Crippen LogP contribution in [0.15, 0.2) is 30.5 Å². The van der Waals surface area contributed by atoms with Crippen molar-refractivity contribution in [3.05, 3.63) is 52.8 Å². The van der Waals surface area contributed by atoms with Gasteiger partial charge in [-0.3, -0.25) is 0 Å². The number of aryl methyl sites for hydroxylation is 2. The molecule has 0 aliphatic carbocycles. The predicted molar refractivity (Wildman–Crippen MR) is 73.6 cm³/mol. The molecule has 1 aromatic carbocycles. The third-order valence-electron chi connectivity index (χ3n) is 3.22. The van der Waals surface area contributed by atoms with E-state index in [0.29, 0.717) is 17.9 Å². The third kappa shape index (κ3) is 3.37. The highest BCUT2D eigenvalue weighted by molar-refractivity contribution is 5.50. The number of nitriles is 1. The van der Waals surface area contributed by atoms with Crippen LogP contribution in [0, 0.1) is 18.3 Å². The van der Waals surface area contributed by atoms with E-state index in [4.69, 9.17) is 5.26 Å². The molecule has 1 N–H and O–H groups in total. The van der Waals surface area contributed by atoms with Crippen LogP contribution >= 0.6 is 0 Å². The molecule has 21 heavy (non-hydrogen) atoms. The lowest BCUT2D eigenvalue weighted by molar-refractivity contribution is -0.138. The lowest BCUT2D eigenvalue weighted by atomic mass is 10.1. The zero-order valence-electron chi connectivity index (χ0n) is 11.6. The summed E-state index contributed by atoms with van der Waals surface area (Å²) < 4.78 is 40.2. The van der Waals surface area contributed by atoms with Gasteiger partial charge in [0.15, 0.2) is 0 Å². The molecule has 0 aliphatic heterocycles. The smallest absolute Gasteiger partial charge is 0.381 e. The van der Waals surface area contributed by atoms with E-state index in [2.05, 4.69) is 5.32 Å². The average molecular weight is 293 g/mol. The largest absolute Gasteiger partial charge is 0.416 e. The van der Waals surface area contributed by atoms with Gasteiger partial charge < -0.3 is 9.88 Å². The van der Waals surface area contributed by atoms with Gasteiger partial charge in [0.25, 0.3) is 0 Å². The molecule has 1 heterocycles. The molecule has 2 rings (SSSR count). The Morgan fingerprint density at radius 3 is 2.57 bits per heavy atom. The monoisotopic (exact) mass is 293 g/mol. The van der Waals surface area contributed by atoms with Gasteiger partial charge >= 0.3 is 6.18 Å². The first-order valence-corrected chi connectivity index (χ1v) is 6.28. The van der Waals surface area contributed by atoms with Gasteiger partial charge in [-0.25, -0.2) is 0 Å². The molecule has 0 saturated heterocycles. The Bertz CT molecular complexity index is 693. The standard InChI is InChI=1S/C15H14F3N3/c1-10-3-4-12(6-14(10)15(16,17)18)20-8-11-5-13(7-19)21(2)9-11/h3-6,9,20H,8H2,1-2H3. The fraction of sp³-hybridized carbons (Fsp3) is 0.267. The second-order valence-electron chi connectivity index (χ2n) is 4.84. The zero-order valence-corrected chi connectivity index (χ0v) is 11.6. The highest BCUT2D eigenvalue weighted by atomic mass is 19.4. The van der Waals surface area contributed by atoms with Crippen LogP contribution in [0.25, 0.3) is 0 Å². The number of halogens is 3. The van der Waals surface area contributed by atoms with Crippen molar-refractivity contribution in [3.8, 4) is 6.07 Å². The van der Waals surface area contributed by atoms with Crippen LogP contribution in [0.1, 0.15) is 22.4 Å². The lowest BCUT2D eigenvalue weighted by Gasteiger charge is -2.13. The number of anilines is 1. The average Bonchev–Trinajstić information content (AvgIpc) is 2.77. The van der Waals surface area contributed by atoms with Crippen LogP contribution in [0.4, 0.5) is 18.9 Å². The molecular weight excluding hydrogens is 279 g/mol. The second kappa shape index (κ2) is 5.52. The van der Waals surface area contributed by atoms with Crippen molar-refractivity contribution in [2.75, 3.05) is 5.32 Å². The molecule has 3 nitrogen and oxygen atoms in total. The highest BCUT2D eigenvalue weighted by Gasteiger charge is 2.32. The van der Waals surface area contributed by atoms with Crippen molar-refractivity contribution in [2.24, 2.45) is 7.05 Å². The van der Waals surface area contributed by atoms with Crippen molar-refractivity contribution in [2.45, 2.75) is 19.6 Å². The number of hydrogen-bond acceptors (Lipinski definition) is 2. The van der Waals surface area contributed by atoms with E-state index in [-0.39, 0.29) is 5.56 Å². The molecule has 0 radical (unpaired) electrons. The first kappa shape index (κ1) is 15.0. The summed E-state index contributed by atoms with van der Waals surface area (Å²) in [6, 6.07) is 7.89. The van der Waals surface area contributed by atoms with Gasteiger partial charge in [-0.15, -0.1) is 0 Å². The van der Waals surface area contributed by atoms with E-state index in [1.807, 2.05) is 6.07 Å². The van der Waals surface area contributed by atoms with Crippen molar-refractivity contribution in [1.29, 1.82) is 5.26 Å². The van der Waals surface area contributed by atoms with Crippen LogP contribution in [-0.4, -0.2) is 4.57 Å². The van der Waals surface area contributed by atoms with Crippen LogP contribution in [-0.2, 0) is 19.8 Å². The summed E-state index contributed by atoms with van der Waals surface area (Å²) in [5.74, 6) is 0. The van der Waals surface area contributed by atoms with Crippen LogP contribution < -0.4 is 5.32 Å². The Hall–Kier alpha value is -2.42. The Labute approximate surface area is 120 Å². The molecule has 0 fully saturated rings. The van der Waals surface area contributed by atoms with Gasteiger partial charge in [-0.2, -0.15) is 18.4 Å². The molecule has 0 spiro atoms. The van der Waals surface area contributed by atoms with Gasteiger partial charge in [-0.1, -0.05) is 6.07 Å². The second-order valence-corrected chi connectivity index (χ2v) is 4.84. The molecule has 0 amide bonds. The van der Waals surface area contributed by atoms with E-state index < -0.39 is 11.7 Å². The Morgan fingerprint density at radius 2 is 2.00 bits per heavy atom. The minimum Gasteiger partial charge on any atom is -0.381 e. The van der Waals surface area contributed by atoms with Gasteiger partial charge in [0.2, 0.25) is 0 Å². The molecule has 0 bridgehead atoms. The van der Waals surface area contributed by atoms with E-state index >= 15 is 0 Å². The topological polar surface area (TPSA) is 40.8 Å². The maximum atomic E-state index is 12.8. The summed E-state index contributed by atoms with van der Waals surface area (Å²) in [4.78, 5) is 0. The SMILES string of the molecule is Cc1ccc(NCc2cc(C#N)n(C)c2)cc1C(F)(F)F. The molecular formula is C15H14F3N3. The molecule has 1 aromatic heterocycles. The van der Waals surface area contributed by atoms with Gasteiger partial charge in [0.1, 0.15) is 11.8 Å². The predicted octanol–water partition coefficient (Wildman–Crippen LogP) is 3.84. The third-order valence-corrected chi connectivity index (χ3v) is 3.22. The fourth-order valence-electron chi connectivity index (χ4n) is 2.08. The van der Waals surface area contributed by atoms with Crippen molar-refractivity contribution in [1.82, 2.24) is 4.57 Å². The first-order valence-electron chi connectivity index (χ1n) is 6.28. The van der Waals surface area contributed by atoms with Gasteiger partial charge in [0.05, 0.1) is 5.56 Å². The van der Waals surface area contributed by atoms with E-state index in [1.54, 1.807) is 29.9 Å². The number of hydrogen-bond donors (Lipinski definition) is 1. The summed E-state index contributed by atoms with van der Waals surface area (Å²) in [6.45, 7) is 1.79. The van der Waals surface area contributed by atoms with Crippen LogP contribution in [0.5, 0.6) is 0 Å². The number of rotatable bonds is 3. The lowest BCUT2D eigenvalue weighted by Crippen LogP contribution is -2.08. The minimum atomic E-state index is -4.36. The summed E-state index contributed by atoms with van der Waals surface area (Å²) in [5.41, 5.74) is 1.29. The molecule has 110 valence electrons. The maximum Gasteiger partial charge on any atom is 0.416 e. The summed E-state index contributed by atoms with van der Waals surface area (Å²) in [6.07, 6.45) is -2.59. The van der Waals surface area contributed by atoms with E-state index in [1.165, 1.54) is 13.0 Å². The van der Waals surface area contributed by atoms with Gasteiger partial charge in [0, 0.05) is 25.5 Å². The van der Waals surface area contributed by atoms with Crippen LogP contribution in [0.3, 0.4) is 0 Å². The van der Waals surface area contributed by atoms with E-state index in [0.717, 1.165) is 11.6 Å². The molecule has 0 atom stereocenters. The Kier molecular flexibility index (Phi) is 3.94. The number of aromatic nitrogens is 1. The maximum absolute atomic E-state index is 12.8. The number of alkyl halides is 3. The van der Waals surface area contributed by atoms with Crippen LogP contribution in [0.2, 0.25) is 0 Å². The molecule has 2 aromatic rings. The van der Waals surface area contributed by atoms with E-state index in [9.17, 15) is 13.2 Å². The van der Waals surface area contributed by atoms with Crippen molar-refractivity contribution < 1.29 is 13.2 Å². The fourth-order valence-corrected chi connectivity index (χ4v) is 2.08. The normalized spacial score (nSPS) is 11.2. The minimum absolute atomic E-state index is 0.194. The molecule has 0 saturated carbocycles. The molecule has 6 heteroatoms. The number of benzene rings is 1. The number of nitrogens with one attached hydrogen (secondary N) is 1. The number of nitrogens with zero attached hydrogens (tertiary/aromatic N) is 2. The Balaban J connectivity index is 2.15. The first-order chi connectivity index (χ1) is 9.81. The summed E-state index contributed by atoms with van der Waals surface area (Å²) >= 11 is 0. The Morgan fingerprint density at radius 1 is 1.29 bits per heavy atom. The molecule has 0 unspecified atom stereocenters. The highest BCUT2D eigenvalue weighted by Crippen LogP contribution is 2.33. The van der Waals surface area contributed by atoms with Crippen molar-refractivity contribution in [3.63, 3.8) is 0 Å².